The van der Waals surface area contributed by atoms with Crippen LogP contribution in [0.25, 0.3) is 0 Å². The molecule has 1 heterocycles. The van der Waals surface area contributed by atoms with Crippen molar-refractivity contribution in [3.8, 4) is 0 Å². The average Bonchev–Trinajstić information content (AvgIpc) is 2.97. The van der Waals surface area contributed by atoms with Crippen LogP contribution < -0.4 is 10.6 Å². The summed E-state index contributed by atoms with van der Waals surface area (Å²) in [5.41, 5.74) is 1.06. The molecule has 0 bridgehead atoms. The third-order valence-corrected chi connectivity index (χ3v) is 4.57. The number of benzene rings is 1. The zero-order valence-corrected chi connectivity index (χ0v) is 15.0. The van der Waals surface area contributed by atoms with Crippen LogP contribution in [0.5, 0.6) is 0 Å². The summed E-state index contributed by atoms with van der Waals surface area (Å²) in [5, 5.41) is 7.14. The van der Waals surface area contributed by atoms with Crippen LogP contribution in [-0.2, 0) is 6.42 Å². The first-order chi connectivity index (χ1) is 11.9. The largest absolute Gasteiger partial charge is 0.401 e. The summed E-state index contributed by atoms with van der Waals surface area (Å²) in [6.45, 7) is 1.41. The fraction of sp³-hybridized carbons (Fsp3) is 0.588. The van der Waals surface area contributed by atoms with E-state index >= 15 is 0 Å². The fourth-order valence-corrected chi connectivity index (χ4v) is 3.19. The Hall–Kier alpha value is -1.47. The number of aliphatic imine (C=N–C) groups is 1. The Morgan fingerprint density at radius 2 is 2.08 bits per heavy atom. The maximum atomic E-state index is 12.4. The van der Waals surface area contributed by atoms with Crippen LogP contribution >= 0.6 is 11.6 Å². The second-order valence-electron chi connectivity index (χ2n) is 6.23. The second-order valence-corrected chi connectivity index (χ2v) is 6.63. The van der Waals surface area contributed by atoms with Gasteiger partial charge in [-0.25, -0.2) is 0 Å². The molecule has 8 heteroatoms. The predicted octanol–water partition coefficient (Wildman–Crippen LogP) is 2.93. The molecule has 0 amide bonds. The molecule has 1 aliphatic rings. The molecule has 1 aromatic rings. The highest BCUT2D eigenvalue weighted by atomic mass is 35.5. The number of hydrogen-bond acceptors (Lipinski definition) is 2. The molecular weight excluding hydrogens is 353 g/mol. The van der Waals surface area contributed by atoms with Gasteiger partial charge in [0.2, 0.25) is 0 Å². The lowest BCUT2D eigenvalue weighted by atomic mass is 10.1. The Labute approximate surface area is 151 Å². The summed E-state index contributed by atoms with van der Waals surface area (Å²) < 4.78 is 37.2. The quantitative estimate of drug-likeness (QED) is 0.592. The van der Waals surface area contributed by atoms with Gasteiger partial charge in [0.25, 0.3) is 0 Å². The predicted molar refractivity (Wildman–Crippen MR) is 95.1 cm³/mol. The van der Waals surface area contributed by atoms with Gasteiger partial charge in [-0.1, -0.05) is 29.8 Å². The monoisotopic (exact) mass is 376 g/mol. The maximum Gasteiger partial charge on any atom is 0.401 e. The van der Waals surface area contributed by atoms with E-state index in [2.05, 4.69) is 15.6 Å². The maximum absolute atomic E-state index is 12.4. The molecule has 0 saturated carbocycles. The molecule has 2 rings (SSSR count). The summed E-state index contributed by atoms with van der Waals surface area (Å²) in [7, 11) is 1.68. The molecule has 0 radical (unpaired) electrons. The van der Waals surface area contributed by atoms with Crippen molar-refractivity contribution in [2.45, 2.75) is 19.0 Å². The Morgan fingerprint density at radius 3 is 2.76 bits per heavy atom. The van der Waals surface area contributed by atoms with E-state index in [1.165, 1.54) is 4.90 Å². The zero-order valence-electron chi connectivity index (χ0n) is 14.2. The number of halogens is 4. The first-order valence-electron chi connectivity index (χ1n) is 8.34. The van der Waals surface area contributed by atoms with E-state index in [0.717, 1.165) is 23.4 Å². The van der Waals surface area contributed by atoms with Crippen molar-refractivity contribution in [1.29, 1.82) is 0 Å². The summed E-state index contributed by atoms with van der Waals surface area (Å²) in [6.07, 6.45) is -2.60. The summed E-state index contributed by atoms with van der Waals surface area (Å²) in [6, 6.07) is 7.68. The molecule has 0 aliphatic carbocycles. The minimum absolute atomic E-state index is 0.199. The third-order valence-electron chi connectivity index (χ3n) is 4.20. The van der Waals surface area contributed by atoms with Crippen molar-refractivity contribution >= 4 is 17.6 Å². The molecule has 1 saturated heterocycles. The molecule has 2 N–H and O–H groups in total. The SMILES string of the molecule is CN=C(NCCc1ccccc1Cl)NCC1CCN(CC(F)(F)F)C1. The third kappa shape index (κ3) is 7.12. The number of nitrogens with zero attached hydrogens (tertiary/aromatic N) is 2. The van der Waals surface area contributed by atoms with E-state index in [9.17, 15) is 13.2 Å². The minimum Gasteiger partial charge on any atom is -0.356 e. The van der Waals surface area contributed by atoms with Gasteiger partial charge in [0.1, 0.15) is 0 Å². The Bertz CT molecular complexity index is 577. The standard InChI is InChI=1S/C17H24ClF3N4/c1-22-16(23-8-6-14-4-2-3-5-15(14)18)24-10-13-7-9-25(11-13)12-17(19,20)21/h2-5,13H,6-12H2,1H3,(H2,22,23,24). The average molecular weight is 377 g/mol. The fourth-order valence-electron chi connectivity index (χ4n) is 2.95. The molecular formula is C17H24ClF3N4. The molecule has 0 aromatic heterocycles. The molecule has 1 aromatic carbocycles. The van der Waals surface area contributed by atoms with Gasteiger partial charge in [0, 0.05) is 31.7 Å². The molecule has 1 atom stereocenters. The normalized spacial score (nSPS) is 19.2. The van der Waals surface area contributed by atoms with Crippen LogP contribution in [0.1, 0.15) is 12.0 Å². The summed E-state index contributed by atoms with van der Waals surface area (Å²) in [4.78, 5) is 5.61. The van der Waals surface area contributed by atoms with Crippen molar-refractivity contribution in [3.05, 3.63) is 34.9 Å². The first-order valence-corrected chi connectivity index (χ1v) is 8.72. The molecule has 1 aliphatic heterocycles. The number of alkyl halides is 3. The smallest absolute Gasteiger partial charge is 0.356 e. The van der Waals surface area contributed by atoms with Crippen LogP contribution in [-0.4, -0.2) is 56.8 Å². The van der Waals surface area contributed by atoms with Crippen LogP contribution in [0.15, 0.2) is 29.3 Å². The van der Waals surface area contributed by atoms with Gasteiger partial charge >= 0.3 is 6.18 Å². The Kier molecular flexibility index (Phi) is 7.38. The van der Waals surface area contributed by atoms with Crippen molar-refractivity contribution in [3.63, 3.8) is 0 Å². The lowest BCUT2D eigenvalue weighted by molar-refractivity contribution is -0.143. The molecule has 1 fully saturated rings. The van der Waals surface area contributed by atoms with Gasteiger partial charge in [0.05, 0.1) is 6.54 Å². The number of nitrogens with one attached hydrogen (secondary N) is 2. The van der Waals surface area contributed by atoms with Gasteiger partial charge in [-0.2, -0.15) is 13.2 Å². The van der Waals surface area contributed by atoms with E-state index in [-0.39, 0.29) is 5.92 Å². The van der Waals surface area contributed by atoms with Crippen LogP contribution in [0.3, 0.4) is 0 Å². The van der Waals surface area contributed by atoms with Gasteiger partial charge in [-0.3, -0.25) is 9.89 Å². The van der Waals surface area contributed by atoms with Crippen molar-refractivity contribution in [2.75, 3.05) is 39.8 Å². The molecule has 140 valence electrons. The van der Waals surface area contributed by atoms with E-state index in [4.69, 9.17) is 11.6 Å². The highest BCUT2D eigenvalue weighted by Gasteiger charge is 2.34. The number of hydrogen-bond donors (Lipinski definition) is 2. The van der Waals surface area contributed by atoms with Crippen molar-refractivity contribution in [2.24, 2.45) is 10.9 Å². The molecule has 25 heavy (non-hydrogen) atoms. The number of likely N-dealkylation sites (tertiary alicyclic amines) is 1. The molecule has 1 unspecified atom stereocenters. The highest BCUT2D eigenvalue weighted by molar-refractivity contribution is 6.31. The minimum atomic E-state index is -4.13. The lowest BCUT2D eigenvalue weighted by Crippen LogP contribution is -2.41. The number of rotatable bonds is 6. The summed E-state index contributed by atoms with van der Waals surface area (Å²) >= 11 is 6.12. The van der Waals surface area contributed by atoms with Crippen LogP contribution in [0, 0.1) is 5.92 Å². The Balaban J connectivity index is 1.68. The van der Waals surface area contributed by atoms with Gasteiger partial charge in [0.15, 0.2) is 5.96 Å². The molecule has 0 spiro atoms. The zero-order chi connectivity index (χ0) is 18.3. The van der Waals surface area contributed by atoms with Gasteiger partial charge < -0.3 is 10.6 Å². The van der Waals surface area contributed by atoms with Crippen LogP contribution in [0.4, 0.5) is 13.2 Å². The topological polar surface area (TPSA) is 39.7 Å². The first kappa shape index (κ1) is 19.8. The second kappa shape index (κ2) is 9.29. The van der Waals surface area contributed by atoms with Gasteiger partial charge in [-0.05, 0) is 36.9 Å². The highest BCUT2D eigenvalue weighted by Crippen LogP contribution is 2.22. The van der Waals surface area contributed by atoms with E-state index in [1.807, 2.05) is 24.3 Å². The lowest BCUT2D eigenvalue weighted by Gasteiger charge is -2.18. The summed E-state index contributed by atoms with van der Waals surface area (Å²) in [5.74, 6) is 0.853. The van der Waals surface area contributed by atoms with E-state index in [0.29, 0.717) is 32.1 Å². The van der Waals surface area contributed by atoms with E-state index < -0.39 is 12.7 Å². The molecule has 4 nitrogen and oxygen atoms in total. The van der Waals surface area contributed by atoms with Gasteiger partial charge in [-0.15, -0.1) is 0 Å². The van der Waals surface area contributed by atoms with Crippen LogP contribution in [0.2, 0.25) is 5.02 Å². The Morgan fingerprint density at radius 1 is 1.32 bits per heavy atom. The van der Waals surface area contributed by atoms with E-state index in [1.54, 1.807) is 7.05 Å². The van der Waals surface area contributed by atoms with Crippen molar-refractivity contribution < 1.29 is 13.2 Å². The number of guanidine groups is 1. The van der Waals surface area contributed by atoms with Crippen molar-refractivity contribution in [1.82, 2.24) is 15.5 Å².